The van der Waals surface area contributed by atoms with Crippen molar-refractivity contribution in [3.63, 3.8) is 0 Å². The summed E-state index contributed by atoms with van der Waals surface area (Å²) in [5.41, 5.74) is 0. The number of nitrogens with one attached hydrogen (secondary N) is 1. The van der Waals surface area contributed by atoms with E-state index in [2.05, 4.69) is 36.2 Å². The van der Waals surface area contributed by atoms with Gasteiger partial charge >= 0.3 is 0 Å². The molecule has 3 heteroatoms. The summed E-state index contributed by atoms with van der Waals surface area (Å²) in [7, 11) is 0. The van der Waals surface area contributed by atoms with Gasteiger partial charge in [0.1, 0.15) is 0 Å². The second kappa shape index (κ2) is 8.81. The summed E-state index contributed by atoms with van der Waals surface area (Å²) in [5.74, 6) is 0.984. The summed E-state index contributed by atoms with van der Waals surface area (Å²) in [6.45, 7) is 10.3. The van der Waals surface area contributed by atoms with Gasteiger partial charge in [0.2, 0.25) is 0 Å². The molecule has 1 aliphatic heterocycles. The second-order valence-corrected chi connectivity index (χ2v) is 7.26. The third-order valence-corrected chi connectivity index (χ3v) is 5.35. The maximum Gasteiger partial charge on any atom is 0.0328 e. The van der Waals surface area contributed by atoms with Crippen molar-refractivity contribution >= 4 is 11.3 Å². The first-order valence-electron chi connectivity index (χ1n) is 8.32. The first-order valence-corrected chi connectivity index (χ1v) is 9.14. The van der Waals surface area contributed by atoms with Crippen molar-refractivity contribution < 1.29 is 0 Å². The topological polar surface area (TPSA) is 15.3 Å². The average molecular weight is 295 g/mol. The van der Waals surface area contributed by atoms with E-state index in [1.54, 1.807) is 0 Å². The first-order chi connectivity index (χ1) is 9.81. The quantitative estimate of drug-likeness (QED) is 0.808. The van der Waals surface area contributed by atoms with Gasteiger partial charge in [-0.1, -0.05) is 26.7 Å². The predicted molar refractivity (Wildman–Crippen MR) is 89.2 cm³/mol. The van der Waals surface area contributed by atoms with E-state index in [1.807, 2.05) is 11.3 Å². The Morgan fingerprint density at radius 3 is 2.85 bits per heavy atom. The summed E-state index contributed by atoms with van der Waals surface area (Å²) >= 11 is 1.98. The van der Waals surface area contributed by atoms with E-state index in [0.717, 1.165) is 25.6 Å². The van der Waals surface area contributed by atoms with E-state index in [0.29, 0.717) is 0 Å². The maximum absolute atomic E-state index is 3.41. The van der Waals surface area contributed by atoms with Crippen LogP contribution in [0.2, 0.25) is 0 Å². The number of hydrogen-bond acceptors (Lipinski definition) is 3. The van der Waals surface area contributed by atoms with Crippen molar-refractivity contribution in [3.05, 3.63) is 21.9 Å². The molecule has 1 atom stereocenters. The van der Waals surface area contributed by atoms with Crippen LogP contribution in [0.4, 0.5) is 0 Å². The van der Waals surface area contributed by atoms with Crippen LogP contribution in [0, 0.1) is 5.92 Å². The third kappa shape index (κ3) is 5.19. The van der Waals surface area contributed by atoms with Gasteiger partial charge in [0.15, 0.2) is 0 Å². The Labute approximate surface area is 128 Å². The van der Waals surface area contributed by atoms with Gasteiger partial charge < -0.3 is 5.32 Å². The molecule has 0 saturated carbocycles. The molecular weight excluding hydrogens is 264 g/mol. The Balaban J connectivity index is 1.79. The van der Waals surface area contributed by atoms with Crippen LogP contribution in [0.15, 0.2) is 12.1 Å². The van der Waals surface area contributed by atoms with Gasteiger partial charge in [-0.25, -0.2) is 0 Å². The van der Waals surface area contributed by atoms with Crippen LogP contribution < -0.4 is 5.32 Å². The molecule has 0 aliphatic carbocycles. The second-order valence-electron chi connectivity index (χ2n) is 6.01. The van der Waals surface area contributed by atoms with Crippen LogP contribution in [-0.2, 0) is 13.1 Å². The molecule has 1 aromatic rings. The number of rotatable bonds is 7. The van der Waals surface area contributed by atoms with E-state index >= 15 is 0 Å². The highest BCUT2D eigenvalue weighted by molar-refractivity contribution is 7.11. The highest BCUT2D eigenvalue weighted by Gasteiger charge is 2.16. The SMILES string of the molecule is CCCC1CCCN(Cc2ccc(CNCC)s2)CC1. The molecule has 114 valence electrons. The smallest absolute Gasteiger partial charge is 0.0328 e. The molecule has 1 fully saturated rings. The molecule has 0 spiro atoms. The fourth-order valence-corrected chi connectivity index (χ4v) is 4.18. The van der Waals surface area contributed by atoms with Crippen molar-refractivity contribution in [1.29, 1.82) is 0 Å². The van der Waals surface area contributed by atoms with Crippen molar-refractivity contribution in [2.75, 3.05) is 19.6 Å². The molecule has 0 radical (unpaired) electrons. The van der Waals surface area contributed by atoms with Gasteiger partial charge in [0.05, 0.1) is 0 Å². The van der Waals surface area contributed by atoms with Crippen molar-refractivity contribution in [2.45, 2.75) is 59.0 Å². The Bertz CT molecular complexity index is 375. The van der Waals surface area contributed by atoms with E-state index in [1.165, 1.54) is 54.9 Å². The van der Waals surface area contributed by atoms with Crippen molar-refractivity contribution in [2.24, 2.45) is 5.92 Å². The van der Waals surface area contributed by atoms with E-state index in [9.17, 15) is 0 Å². The van der Waals surface area contributed by atoms with Crippen LogP contribution in [0.5, 0.6) is 0 Å². The standard InChI is InChI=1S/C17H30N2S/c1-3-6-15-7-5-11-19(12-10-15)14-17-9-8-16(20-17)13-18-4-2/h8-9,15,18H,3-7,10-14H2,1-2H3. The van der Waals surface area contributed by atoms with Gasteiger partial charge in [-0.3, -0.25) is 4.90 Å². The molecule has 20 heavy (non-hydrogen) atoms. The Kier molecular flexibility index (Phi) is 7.05. The van der Waals surface area contributed by atoms with E-state index < -0.39 is 0 Å². The Morgan fingerprint density at radius 2 is 2.05 bits per heavy atom. The van der Waals surface area contributed by atoms with Gasteiger partial charge in [0.25, 0.3) is 0 Å². The van der Waals surface area contributed by atoms with Gasteiger partial charge in [-0.15, -0.1) is 11.3 Å². The minimum absolute atomic E-state index is 0.984. The summed E-state index contributed by atoms with van der Waals surface area (Å²) in [6, 6.07) is 4.62. The highest BCUT2D eigenvalue weighted by atomic mass is 32.1. The lowest BCUT2D eigenvalue weighted by Crippen LogP contribution is -2.23. The molecule has 1 unspecified atom stereocenters. The summed E-state index contributed by atoms with van der Waals surface area (Å²) in [4.78, 5) is 5.67. The zero-order valence-corrected chi connectivity index (χ0v) is 14.0. The molecule has 2 heterocycles. The minimum atomic E-state index is 0.984. The summed E-state index contributed by atoms with van der Waals surface area (Å²) in [6.07, 6.45) is 7.02. The highest BCUT2D eigenvalue weighted by Crippen LogP contribution is 2.24. The molecule has 0 bridgehead atoms. The zero-order chi connectivity index (χ0) is 14.2. The number of hydrogen-bond donors (Lipinski definition) is 1. The zero-order valence-electron chi connectivity index (χ0n) is 13.2. The third-order valence-electron chi connectivity index (χ3n) is 4.28. The van der Waals surface area contributed by atoms with Crippen molar-refractivity contribution in [1.82, 2.24) is 10.2 Å². The average Bonchev–Trinajstić information content (AvgIpc) is 2.77. The van der Waals surface area contributed by atoms with Gasteiger partial charge in [-0.2, -0.15) is 0 Å². The first kappa shape index (κ1) is 16.0. The fraction of sp³-hybridized carbons (Fsp3) is 0.765. The molecule has 1 saturated heterocycles. The number of nitrogens with zero attached hydrogens (tertiary/aromatic N) is 1. The van der Waals surface area contributed by atoms with Crippen LogP contribution in [0.3, 0.4) is 0 Å². The molecular formula is C17H30N2S. The Hall–Kier alpha value is -0.380. The molecule has 1 aromatic heterocycles. The molecule has 1 aliphatic rings. The lowest BCUT2D eigenvalue weighted by Gasteiger charge is -2.19. The molecule has 0 amide bonds. The fourth-order valence-electron chi connectivity index (χ4n) is 3.15. The Morgan fingerprint density at radius 1 is 1.20 bits per heavy atom. The monoisotopic (exact) mass is 294 g/mol. The summed E-state index contributed by atoms with van der Waals surface area (Å²) < 4.78 is 0. The lowest BCUT2D eigenvalue weighted by atomic mass is 9.96. The number of thiophene rings is 1. The normalized spacial score (nSPS) is 21.0. The molecule has 2 rings (SSSR count). The van der Waals surface area contributed by atoms with E-state index in [-0.39, 0.29) is 0 Å². The van der Waals surface area contributed by atoms with Crippen LogP contribution in [-0.4, -0.2) is 24.5 Å². The largest absolute Gasteiger partial charge is 0.312 e. The van der Waals surface area contributed by atoms with Gasteiger partial charge in [-0.05, 0) is 56.9 Å². The minimum Gasteiger partial charge on any atom is -0.312 e. The van der Waals surface area contributed by atoms with E-state index in [4.69, 9.17) is 0 Å². The van der Waals surface area contributed by atoms with Gasteiger partial charge in [0, 0.05) is 22.8 Å². The van der Waals surface area contributed by atoms with Crippen molar-refractivity contribution in [3.8, 4) is 0 Å². The lowest BCUT2D eigenvalue weighted by molar-refractivity contribution is 0.273. The van der Waals surface area contributed by atoms with Crippen LogP contribution in [0.1, 0.15) is 55.7 Å². The predicted octanol–water partition coefficient (Wildman–Crippen LogP) is 4.26. The summed E-state index contributed by atoms with van der Waals surface area (Å²) in [5, 5.41) is 3.41. The molecule has 2 nitrogen and oxygen atoms in total. The van der Waals surface area contributed by atoms with Crippen LogP contribution in [0.25, 0.3) is 0 Å². The molecule has 1 N–H and O–H groups in total. The number of likely N-dealkylation sites (tertiary alicyclic amines) is 1. The maximum atomic E-state index is 3.41. The van der Waals surface area contributed by atoms with Crippen LogP contribution >= 0.6 is 11.3 Å². The molecule has 0 aromatic carbocycles.